The normalized spacial score (nSPS) is 14.9. The van der Waals surface area contributed by atoms with Crippen LogP contribution in [0.15, 0.2) is 0 Å². The number of carboxylic acids is 5. The highest BCUT2D eigenvalue weighted by molar-refractivity contribution is 7.98. The van der Waals surface area contributed by atoms with Crippen molar-refractivity contribution in [3.8, 4) is 0 Å². The van der Waals surface area contributed by atoms with E-state index in [4.69, 9.17) is 22.3 Å². The molecule has 606 valence electrons. The van der Waals surface area contributed by atoms with Gasteiger partial charge in [-0.15, -0.1) is 0 Å². The molecule has 0 aliphatic rings. The highest BCUT2D eigenvalue weighted by atomic mass is 32.2. The summed E-state index contributed by atoms with van der Waals surface area (Å²) in [6.07, 6.45) is -2.37. The van der Waals surface area contributed by atoms with Crippen molar-refractivity contribution in [1.29, 1.82) is 0 Å². The van der Waals surface area contributed by atoms with E-state index in [1.807, 2.05) is 0 Å². The van der Waals surface area contributed by atoms with Gasteiger partial charge in [0.1, 0.15) is 84.6 Å². The van der Waals surface area contributed by atoms with E-state index in [2.05, 4.69) is 74.4 Å². The first-order valence-corrected chi connectivity index (χ1v) is 35.7. The number of hydrogen-bond donors (Lipinski definition) is 24. The topological polar surface area (TPSA) is 712 Å². The maximum Gasteiger partial charge on any atom is 0.326 e. The van der Waals surface area contributed by atoms with Gasteiger partial charge in [-0.25, -0.2) is 4.79 Å². The quantitative estimate of drug-likeness (QED) is 0.0252. The molecular formula is C63H107N17O26S. The third-order valence-electron chi connectivity index (χ3n) is 15.6. The molecule has 0 spiro atoms. The molecule has 14 amide bonds. The number of unbranched alkanes of at least 4 members (excludes halogenated alkanes) is 2. The smallest absolute Gasteiger partial charge is 0.326 e. The molecule has 14 atom stereocenters. The third-order valence-corrected chi connectivity index (χ3v) is 16.3. The minimum Gasteiger partial charge on any atom is -0.481 e. The minimum absolute atomic E-state index is 0.00754. The molecule has 0 saturated heterocycles. The van der Waals surface area contributed by atoms with Crippen molar-refractivity contribution in [1.82, 2.24) is 74.4 Å². The number of carbonyl (C=O) groups excluding carboxylic acids is 14. The van der Waals surface area contributed by atoms with Gasteiger partial charge in [0.15, 0.2) is 0 Å². The molecule has 0 saturated carbocycles. The Bertz CT molecular complexity index is 3060. The second-order valence-electron chi connectivity index (χ2n) is 25.3. The Morgan fingerprint density at radius 3 is 0.953 bits per heavy atom. The average Bonchev–Trinajstić information content (AvgIpc) is 0.912. The number of amides is 14. The van der Waals surface area contributed by atoms with Crippen LogP contribution >= 0.6 is 11.8 Å². The monoisotopic (exact) mass is 1550 g/mol. The van der Waals surface area contributed by atoms with Crippen LogP contribution in [0.1, 0.15) is 144 Å². The van der Waals surface area contributed by atoms with E-state index in [1.165, 1.54) is 18.7 Å². The van der Waals surface area contributed by atoms with Gasteiger partial charge >= 0.3 is 29.8 Å². The average molecular weight is 1550 g/mol. The molecule has 27 N–H and O–H groups in total. The maximum absolute atomic E-state index is 14.0. The first-order valence-electron chi connectivity index (χ1n) is 34.3. The van der Waals surface area contributed by atoms with Gasteiger partial charge in [-0.2, -0.15) is 11.8 Å². The maximum atomic E-state index is 14.0. The summed E-state index contributed by atoms with van der Waals surface area (Å²) < 4.78 is 0. The van der Waals surface area contributed by atoms with Gasteiger partial charge in [0, 0.05) is 25.7 Å². The SMILES string of the molecule is CSCC[C@H](NC(=O)[C@@H](N)CO)C(=O)N[C@@H](CCC(=O)O)C(=O)N[C@@H](C)C(=O)N[C@@H](CO)C(=O)N[C@@H](CC(C)C)C(=O)N[C@@H](CCC(=O)O)C(=O)N[C@@H](C)C(=O)N[C@@H](CCC(=O)O)C(=O)N[C@@H](C)C(=O)N[C@@H](CCCCN)C(=O)NCC(=O)N[C@@H](CCCCN)C(=O)N[C@@H](C)C(=O)N[C@@H](CCC(=O)O)C(=O)O. The lowest BCUT2D eigenvalue weighted by atomic mass is 10.0. The van der Waals surface area contributed by atoms with Crippen LogP contribution in [0, 0.1) is 5.92 Å². The molecule has 0 fully saturated rings. The van der Waals surface area contributed by atoms with Gasteiger partial charge < -0.3 is 127 Å². The first kappa shape index (κ1) is 97.1. The van der Waals surface area contributed by atoms with Gasteiger partial charge in [-0.3, -0.25) is 86.3 Å². The van der Waals surface area contributed by atoms with E-state index in [1.54, 1.807) is 20.1 Å². The molecule has 0 bridgehead atoms. The summed E-state index contributed by atoms with van der Waals surface area (Å²) in [6, 6.07) is -21.9. The van der Waals surface area contributed by atoms with Gasteiger partial charge in [0.25, 0.3) is 0 Å². The molecule has 0 radical (unpaired) electrons. The van der Waals surface area contributed by atoms with Crippen molar-refractivity contribution in [2.24, 2.45) is 23.1 Å². The Hall–Kier alpha value is -9.92. The predicted molar refractivity (Wildman–Crippen MR) is 376 cm³/mol. The number of carboxylic acid groups (broad SMARTS) is 5. The van der Waals surface area contributed by atoms with E-state index < -0.39 is 274 Å². The van der Waals surface area contributed by atoms with Crippen molar-refractivity contribution in [2.45, 2.75) is 229 Å². The Kier molecular flexibility index (Phi) is 47.3. The summed E-state index contributed by atoms with van der Waals surface area (Å²) in [4.78, 5) is 246. The van der Waals surface area contributed by atoms with E-state index in [0.29, 0.717) is 18.6 Å². The van der Waals surface area contributed by atoms with Gasteiger partial charge in [-0.1, -0.05) is 13.8 Å². The Morgan fingerprint density at radius 1 is 0.327 bits per heavy atom. The van der Waals surface area contributed by atoms with Crippen LogP contribution in [0.25, 0.3) is 0 Å². The van der Waals surface area contributed by atoms with Crippen LogP contribution in [0.3, 0.4) is 0 Å². The molecule has 0 aromatic heterocycles. The predicted octanol–water partition coefficient (Wildman–Crippen LogP) is -8.60. The zero-order chi connectivity index (χ0) is 81.8. The standard InChI is InChI=1S/C63H107N17O26S/c1-30(2)26-43(79-62(104)44(29-82)80-53(95)34(6)71-58(100)39(15-19-47(86)87)76-60(102)41(22-25-107-7)75-54(96)35(66)28-81)61(103)77-40(16-20-48(88)89)59(101)70-32(4)51(93)74-38(14-18-46(84)85)57(99)69-31(3)50(92)73-36(12-8-10-23-64)55(97)67-27-45(83)72-37(13-9-11-24-65)56(98)68-33(5)52(94)78-42(63(105)106)17-21-49(90)91/h30-44,81-82H,8-29,64-66H2,1-7H3,(H,67,97)(H,68,98)(H,69,99)(H,70,101)(H,71,100)(H,72,83)(H,73,92)(H,74,93)(H,75,96)(H,76,102)(H,77,103)(H,78,94)(H,79,104)(H,80,95)(H,84,85)(H,86,87)(H,88,89)(H,90,91)(H,105,106)/t31-,32-,33-,34-,35-,36-,37-,38-,39-,40-,41-,42-,43-,44-/m0/s1. The van der Waals surface area contributed by atoms with E-state index in [9.17, 15) is 122 Å². The molecule has 0 unspecified atom stereocenters. The molecule has 43 nitrogen and oxygen atoms in total. The lowest BCUT2D eigenvalue weighted by Crippen LogP contribution is -2.60. The van der Waals surface area contributed by atoms with Crippen LogP contribution < -0.4 is 91.6 Å². The number of nitrogens with one attached hydrogen (secondary N) is 14. The summed E-state index contributed by atoms with van der Waals surface area (Å²) >= 11 is 1.29. The van der Waals surface area contributed by atoms with Gasteiger partial charge in [0.2, 0.25) is 82.7 Å². The third kappa shape index (κ3) is 40.4. The lowest BCUT2D eigenvalue weighted by molar-refractivity contribution is -0.143. The summed E-state index contributed by atoms with van der Waals surface area (Å²) in [6.45, 7) is 5.48. The van der Waals surface area contributed by atoms with Crippen LogP contribution in [0.5, 0.6) is 0 Å². The fourth-order valence-corrected chi connectivity index (χ4v) is 9.95. The molecule has 0 aliphatic carbocycles. The van der Waals surface area contributed by atoms with Gasteiger partial charge in [-0.05, 0) is 136 Å². The van der Waals surface area contributed by atoms with Crippen LogP contribution in [0.2, 0.25) is 0 Å². The van der Waals surface area contributed by atoms with Crippen molar-refractivity contribution in [3.05, 3.63) is 0 Å². The van der Waals surface area contributed by atoms with E-state index in [0.717, 1.165) is 20.8 Å². The zero-order valence-corrected chi connectivity index (χ0v) is 61.6. The number of nitrogens with two attached hydrogens (primary N) is 3. The molecule has 107 heavy (non-hydrogen) atoms. The Morgan fingerprint density at radius 2 is 0.617 bits per heavy atom. The number of rotatable bonds is 56. The zero-order valence-electron chi connectivity index (χ0n) is 60.7. The van der Waals surface area contributed by atoms with Crippen LogP contribution in [0.4, 0.5) is 0 Å². The first-order chi connectivity index (χ1) is 50.2. The molecule has 0 aromatic rings. The lowest BCUT2D eigenvalue weighted by Gasteiger charge is -2.27. The van der Waals surface area contributed by atoms with E-state index >= 15 is 0 Å². The number of hydrogen-bond acceptors (Lipinski definition) is 25. The summed E-state index contributed by atoms with van der Waals surface area (Å²) in [5.74, 6) is -21.9. The Labute approximate surface area is 620 Å². The van der Waals surface area contributed by atoms with Crippen molar-refractivity contribution < 1.29 is 127 Å². The molecule has 0 aromatic carbocycles. The van der Waals surface area contributed by atoms with Crippen LogP contribution in [-0.4, -0.2) is 278 Å². The highest BCUT2D eigenvalue weighted by Crippen LogP contribution is 2.12. The van der Waals surface area contributed by atoms with Crippen LogP contribution in [-0.2, 0) is 91.1 Å². The second-order valence-corrected chi connectivity index (χ2v) is 26.3. The molecule has 0 heterocycles. The largest absolute Gasteiger partial charge is 0.481 e. The molecule has 44 heteroatoms. The fraction of sp³-hybridized carbons (Fsp3) is 0.698. The minimum atomic E-state index is -1.86. The summed E-state index contributed by atoms with van der Waals surface area (Å²) in [5, 5.41) is 98.8. The number of carbonyl (C=O) groups is 19. The van der Waals surface area contributed by atoms with Crippen molar-refractivity contribution in [3.63, 3.8) is 0 Å². The van der Waals surface area contributed by atoms with Gasteiger partial charge in [0.05, 0.1) is 19.8 Å². The van der Waals surface area contributed by atoms with Crippen molar-refractivity contribution >= 4 is 124 Å². The summed E-state index contributed by atoms with van der Waals surface area (Å²) in [5.41, 5.74) is 16.8. The highest BCUT2D eigenvalue weighted by Gasteiger charge is 2.36. The Balaban J connectivity index is 6.40. The summed E-state index contributed by atoms with van der Waals surface area (Å²) in [7, 11) is 0. The number of aliphatic hydroxyl groups excluding tert-OH is 2. The second kappa shape index (κ2) is 52.1. The molecular weight excluding hydrogens is 1440 g/mol. The molecule has 0 aliphatic heterocycles. The fourth-order valence-electron chi connectivity index (χ4n) is 9.48. The number of aliphatic carboxylic acids is 5. The number of aliphatic hydroxyl groups is 2. The van der Waals surface area contributed by atoms with E-state index in [-0.39, 0.29) is 51.6 Å². The van der Waals surface area contributed by atoms with Crippen molar-refractivity contribution in [2.75, 3.05) is 44.9 Å². The number of thioether (sulfide) groups is 1. The molecule has 0 rings (SSSR count).